The highest BCUT2D eigenvalue weighted by atomic mass is 15.1. The van der Waals surface area contributed by atoms with E-state index in [1.165, 1.54) is 0 Å². The largest absolute Gasteiger partial charge is 0.340 e. The third kappa shape index (κ3) is 2.00. The molecule has 0 aliphatic heterocycles. The van der Waals surface area contributed by atoms with Crippen LogP contribution in [0.1, 0.15) is 11.3 Å². The van der Waals surface area contributed by atoms with Crippen LogP contribution in [0.25, 0.3) is 10.9 Å². The highest BCUT2D eigenvalue weighted by Crippen LogP contribution is 2.25. The van der Waals surface area contributed by atoms with Gasteiger partial charge in [0.05, 0.1) is 28.2 Å². The van der Waals surface area contributed by atoms with E-state index < -0.39 is 0 Å². The first-order chi connectivity index (χ1) is 9.28. The average molecular weight is 249 g/mol. The van der Waals surface area contributed by atoms with Gasteiger partial charge < -0.3 is 5.32 Å². The van der Waals surface area contributed by atoms with E-state index in [9.17, 15) is 0 Å². The van der Waals surface area contributed by atoms with Crippen LogP contribution < -0.4 is 5.32 Å². The second kappa shape index (κ2) is 4.42. The number of pyridine rings is 1. The minimum absolute atomic E-state index is 0.635. The SMILES string of the molecule is Cc1n[nH]c2ccnc(Nc3ccc(C#N)cc3)c12. The van der Waals surface area contributed by atoms with Crippen LogP contribution >= 0.6 is 0 Å². The van der Waals surface area contributed by atoms with Gasteiger partial charge in [-0.25, -0.2) is 4.98 Å². The number of aryl methyl sites for hydroxylation is 1. The van der Waals surface area contributed by atoms with Crippen LogP contribution in [-0.4, -0.2) is 15.2 Å². The molecule has 19 heavy (non-hydrogen) atoms. The maximum atomic E-state index is 8.77. The number of H-pyrrole nitrogens is 1. The molecule has 0 saturated carbocycles. The first kappa shape index (κ1) is 11.2. The first-order valence-corrected chi connectivity index (χ1v) is 5.85. The van der Waals surface area contributed by atoms with E-state index >= 15 is 0 Å². The molecule has 0 spiro atoms. The van der Waals surface area contributed by atoms with Crippen LogP contribution in [-0.2, 0) is 0 Å². The summed E-state index contributed by atoms with van der Waals surface area (Å²) in [6.45, 7) is 1.93. The maximum Gasteiger partial charge on any atom is 0.141 e. The number of benzene rings is 1. The predicted octanol–water partition coefficient (Wildman–Crippen LogP) is 2.88. The molecular weight excluding hydrogens is 238 g/mol. The van der Waals surface area contributed by atoms with E-state index in [0.717, 1.165) is 28.1 Å². The van der Waals surface area contributed by atoms with E-state index in [1.54, 1.807) is 18.3 Å². The molecule has 0 amide bonds. The van der Waals surface area contributed by atoms with Crippen molar-refractivity contribution in [3.05, 3.63) is 47.8 Å². The lowest BCUT2D eigenvalue weighted by Gasteiger charge is -2.06. The molecule has 3 aromatic rings. The lowest BCUT2D eigenvalue weighted by atomic mass is 10.2. The molecule has 3 rings (SSSR count). The zero-order valence-corrected chi connectivity index (χ0v) is 10.3. The summed E-state index contributed by atoms with van der Waals surface area (Å²) >= 11 is 0. The van der Waals surface area contributed by atoms with Crippen molar-refractivity contribution in [2.45, 2.75) is 6.92 Å². The Labute approximate surface area is 109 Å². The molecule has 5 nitrogen and oxygen atoms in total. The summed E-state index contributed by atoms with van der Waals surface area (Å²) in [4.78, 5) is 4.34. The Morgan fingerprint density at radius 2 is 2.00 bits per heavy atom. The molecule has 2 heterocycles. The van der Waals surface area contributed by atoms with Crippen LogP contribution in [0.3, 0.4) is 0 Å². The highest BCUT2D eigenvalue weighted by Gasteiger charge is 2.08. The fourth-order valence-electron chi connectivity index (χ4n) is 1.98. The fraction of sp³-hybridized carbons (Fsp3) is 0.0714. The molecule has 0 radical (unpaired) electrons. The zero-order chi connectivity index (χ0) is 13.2. The van der Waals surface area contributed by atoms with Crippen molar-refractivity contribution in [3.63, 3.8) is 0 Å². The summed E-state index contributed by atoms with van der Waals surface area (Å²) in [5, 5.41) is 20.1. The van der Waals surface area contributed by atoms with Crippen LogP contribution in [0.2, 0.25) is 0 Å². The summed E-state index contributed by atoms with van der Waals surface area (Å²) in [6.07, 6.45) is 1.73. The molecule has 0 unspecified atom stereocenters. The quantitative estimate of drug-likeness (QED) is 0.732. The van der Waals surface area contributed by atoms with Crippen molar-refractivity contribution in [2.75, 3.05) is 5.32 Å². The molecule has 5 heteroatoms. The number of nitrogens with zero attached hydrogens (tertiary/aromatic N) is 3. The van der Waals surface area contributed by atoms with Gasteiger partial charge in [-0.3, -0.25) is 5.10 Å². The lowest BCUT2D eigenvalue weighted by Crippen LogP contribution is -1.94. The second-order valence-corrected chi connectivity index (χ2v) is 4.21. The normalized spacial score (nSPS) is 10.3. The number of nitrogens with one attached hydrogen (secondary N) is 2. The van der Waals surface area contributed by atoms with Gasteiger partial charge in [0.2, 0.25) is 0 Å². The minimum Gasteiger partial charge on any atom is -0.340 e. The van der Waals surface area contributed by atoms with Crippen molar-refractivity contribution < 1.29 is 0 Å². The van der Waals surface area contributed by atoms with E-state index in [-0.39, 0.29) is 0 Å². The smallest absolute Gasteiger partial charge is 0.141 e. The fourth-order valence-corrected chi connectivity index (χ4v) is 1.98. The lowest BCUT2D eigenvalue weighted by molar-refractivity contribution is 1.07. The van der Waals surface area contributed by atoms with E-state index in [0.29, 0.717) is 5.56 Å². The Bertz CT molecular complexity index is 765. The third-order valence-electron chi connectivity index (χ3n) is 2.93. The van der Waals surface area contributed by atoms with Gasteiger partial charge in [-0.15, -0.1) is 0 Å². The Hall–Kier alpha value is -2.87. The van der Waals surface area contributed by atoms with Crippen molar-refractivity contribution in [2.24, 2.45) is 0 Å². The predicted molar refractivity (Wildman–Crippen MR) is 73.1 cm³/mol. The minimum atomic E-state index is 0.635. The number of nitriles is 1. The van der Waals surface area contributed by atoms with Crippen LogP contribution in [0, 0.1) is 18.3 Å². The molecule has 0 fully saturated rings. The van der Waals surface area contributed by atoms with Gasteiger partial charge >= 0.3 is 0 Å². The summed E-state index contributed by atoms with van der Waals surface area (Å²) in [6, 6.07) is 11.2. The Kier molecular flexibility index (Phi) is 2.62. The number of aromatic amines is 1. The topological polar surface area (TPSA) is 77.4 Å². The molecule has 92 valence electrons. The number of aromatic nitrogens is 3. The van der Waals surface area contributed by atoms with Crippen molar-refractivity contribution in [1.82, 2.24) is 15.2 Å². The number of rotatable bonds is 2. The highest BCUT2D eigenvalue weighted by molar-refractivity contribution is 5.92. The average Bonchev–Trinajstić information content (AvgIpc) is 2.83. The summed E-state index contributed by atoms with van der Waals surface area (Å²) < 4.78 is 0. The van der Waals surface area contributed by atoms with Gasteiger partial charge in [-0.2, -0.15) is 10.4 Å². The standard InChI is InChI=1S/C14H11N5/c1-9-13-12(19-18-9)6-7-16-14(13)17-11-4-2-10(8-15)3-5-11/h2-7H,1H3,(H,16,17)(H,18,19). The van der Waals surface area contributed by atoms with Crippen LogP contribution in [0.5, 0.6) is 0 Å². The monoisotopic (exact) mass is 249 g/mol. The van der Waals surface area contributed by atoms with E-state index in [4.69, 9.17) is 5.26 Å². The zero-order valence-electron chi connectivity index (χ0n) is 10.3. The van der Waals surface area contributed by atoms with E-state index in [1.807, 2.05) is 25.1 Å². The Morgan fingerprint density at radius 1 is 1.21 bits per heavy atom. The number of fused-ring (bicyclic) bond motifs is 1. The molecule has 0 atom stereocenters. The van der Waals surface area contributed by atoms with E-state index in [2.05, 4.69) is 26.6 Å². The van der Waals surface area contributed by atoms with Gasteiger partial charge in [0, 0.05) is 11.9 Å². The van der Waals surface area contributed by atoms with Gasteiger partial charge in [0.15, 0.2) is 0 Å². The van der Waals surface area contributed by atoms with Crippen molar-refractivity contribution in [3.8, 4) is 6.07 Å². The Morgan fingerprint density at radius 3 is 2.74 bits per heavy atom. The third-order valence-corrected chi connectivity index (χ3v) is 2.93. The summed E-state index contributed by atoms with van der Waals surface area (Å²) in [7, 11) is 0. The maximum absolute atomic E-state index is 8.77. The molecule has 2 N–H and O–H groups in total. The number of hydrogen-bond acceptors (Lipinski definition) is 4. The molecule has 0 aliphatic rings. The summed E-state index contributed by atoms with van der Waals surface area (Å²) in [5.41, 5.74) is 3.37. The van der Waals surface area contributed by atoms with Crippen molar-refractivity contribution in [1.29, 1.82) is 5.26 Å². The van der Waals surface area contributed by atoms with Crippen LogP contribution in [0.15, 0.2) is 36.5 Å². The molecule has 1 aromatic carbocycles. The molecule has 2 aromatic heterocycles. The number of anilines is 2. The molecule has 0 aliphatic carbocycles. The second-order valence-electron chi connectivity index (χ2n) is 4.21. The van der Waals surface area contributed by atoms with Crippen molar-refractivity contribution >= 4 is 22.4 Å². The van der Waals surface area contributed by atoms with Gasteiger partial charge in [0.1, 0.15) is 5.82 Å². The molecule has 0 saturated heterocycles. The van der Waals surface area contributed by atoms with Gasteiger partial charge in [0.25, 0.3) is 0 Å². The number of hydrogen-bond donors (Lipinski definition) is 2. The summed E-state index contributed by atoms with van der Waals surface area (Å²) in [5.74, 6) is 0.758. The van der Waals surface area contributed by atoms with Crippen LogP contribution in [0.4, 0.5) is 11.5 Å². The van der Waals surface area contributed by atoms with Gasteiger partial charge in [-0.1, -0.05) is 0 Å². The molecule has 0 bridgehead atoms. The first-order valence-electron chi connectivity index (χ1n) is 5.85. The van der Waals surface area contributed by atoms with Gasteiger partial charge in [-0.05, 0) is 37.3 Å². The molecular formula is C14H11N5. The Balaban J connectivity index is 2.01.